The second-order valence-electron chi connectivity index (χ2n) is 5.95. The smallest absolute Gasteiger partial charge is 0.391 e. The standard InChI is InChI=1S/C16H21F4N3O/c1-21-15(22-9-10-2-7-14(24)13(17)8-10)23-12-5-3-11(4-6-12)16(18,19)20/h2,7-8,11-12,24H,3-6,9H2,1H3,(H2,21,22,23). The Morgan fingerprint density at radius 3 is 2.46 bits per heavy atom. The van der Waals surface area contributed by atoms with E-state index in [4.69, 9.17) is 5.11 Å². The van der Waals surface area contributed by atoms with Gasteiger partial charge in [-0.1, -0.05) is 6.07 Å². The summed E-state index contributed by atoms with van der Waals surface area (Å²) in [6.45, 7) is 0.286. The highest BCUT2D eigenvalue weighted by atomic mass is 19.4. The van der Waals surface area contributed by atoms with Gasteiger partial charge in [-0.25, -0.2) is 4.39 Å². The van der Waals surface area contributed by atoms with Crippen molar-refractivity contribution in [3.05, 3.63) is 29.6 Å². The molecule has 0 heterocycles. The second kappa shape index (κ2) is 7.72. The molecule has 0 unspecified atom stereocenters. The van der Waals surface area contributed by atoms with Crippen molar-refractivity contribution in [2.75, 3.05) is 7.05 Å². The van der Waals surface area contributed by atoms with Gasteiger partial charge < -0.3 is 15.7 Å². The Bertz CT molecular complexity index is 581. The highest BCUT2D eigenvalue weighted by molar-refractivity contribution is 5.79. The minimum Gasteiger partial charge on any atom is -0.505 e. The summed E-state index contributed by atoms with van der Waals surface area (Å²) in [7, 11) is 1.56. The van der Waals surface area contributed by atoms with Gasteiger partial charge in [-0.15, -0.1) is 0 Å². The number of hydrogen-bond acceptors (Lipinski definition) is 2. The van der Waals surface area contributed by atoms with Crippen molar-refractivity contribution in [1.29, 1.82) is 0 Å². The van der Waals surface area contributed by atoms with Crippen LogP contribution in [0.25, 0.3) is 0 Å². The maximum absolute atomic E-state index is 13.3. The van der Waals surface area contributed by atoms with Gasteiger partial charge in [-0.05, 0) is 43.4 Å². The number of phenolic OH excluding ortho intramolecular Hbond substituents is 1. The lowest BCUT2D eigenvalue weighted by molar-refractivity contribution is -0.182. The van der Waals surface area contributed by atoms with Gasteiger partial charge in [-0.2, -0.15) is 13.2 Å². The van der Waals surface area contributed by atoms with Gasteiger partial charge >= 0.3 is 6.18 Å². The molecule has 3 N–H and O–H groups in total. The van der Waals surface area contributed by atoms with Crippen LogP contribution in [0.2, 0.25) is 0 Å². The number of nitrogens with zero attached hydrogens (tertiary/aromatic N) is 1. The lowest BCUT2D eigenvalue weighted by atomic mass is 9.85. The van der Waals surface area contributed by atoms with Crippen LogP contribution in [-0.2, 0) is 6.54 Å². The average molecular weight is 347 g/mol. The zero-order valence-electron chi connectivity index (χ0n) is 13.3. The number of hydrogen-bond donors (Lipinski definition) is 3. The first kappa shape index (κ1) is 18.4. The van der Waals surface area contributed by atoms with Crippen molar-refractivity contribution in [3.8, 4) is 5.75 Å². The Kier molecular flexibility index (Phi) is 5.90. The monoisotopic (exact) mass is 347 g/mol. The first-order valence-corrected chi connectivity index (χ1v) is 7.81. The van der Waals surface area contributed by atoms with E-state index in [-0.39, 0.29) is 25.4 Å². The number of rotatable bonds is 3. The van der Waals surface area contributed by atoms with Crippen LogP contribution in [0.1, 0.15) is 31.2 Å². The van der Waals surface area contributed by atoms with Crippen LogP contribution in [0.3, 0.4) is 0 Å². The van der Waals surface area contributed by atoms with Crippen molar-refractivity contribution in [2.24, 2.45) is 10.9 Å². The summed E-state index contributed by atoms with van der Waals surface area (Å²) in [5.41, 5.74) is 0.619. The Labute approximate surface area is 138 Å². The summed E-state index contributed by atoms with van der Waals surface area (Å²) in [6.07, 6.45) is -3.03. The van der Waals surface area contributed by atoms with E-state index in [0.717, 1.165) is 0 Å². The third-order valence-electron chi connectivity index (χ3n) is 4.23. The van der Waals surface area contributed by atoms with E-state index in [1.54, 1.807) is 13.1 Å². The van der Waals surface area contributed by atoms with E-state index in [1.807, 2.05) is 0 Å². The predicted octanol–water partition coefficient (Wildman–Crippen LogP) is 3.32. The molecule has 4 nitrogen and oxygen atoms in total. The highest BCUT2D eigenvalue weighted by Gasteiger charge is 2.41. The van der Waals surface area contributed by atoms with Crippen LogP contribution in [0.15, 0.2) is 23.2 Å². The van der Waals surface area contributed by atoms with Crippen LogP contribution in [0, 0.1) is 11.7 Å². The minimum absolute atomic E-state index is 0.0636. The molecule has 24 heavy (non-hydrogen) atoms. The fraction of sp³-hybridized carbons (Fsp3) is 0.562. The third-order valence-corrected chi connectivity index (χ3v) is 4.23. The molecule has 1 aromatic rings. The summed E-state index contributed by atoms with van der Waals surface area (Å²) in [4.78, 5) is 4.03. The molecular formula is C16H21F4N3O. The normalized spacial score (nSPS) is 22.3. The number of phenols is 1. The summed E-state index contributed by atoms with van der Waals surface area (Å²) in [6, 6.07) is 3.99. The number of benzene rings is 1. The largest absolute Gasteiger partial charge is 0.505 e. The third kappa shape index (κ3) is 5.01. The van der Waals surface area contributed by atoms with Gasteiger partial charge in [0.15, 0.2) is 17.5 Å². The number of guanidine groups is 1. The number of aromatic hydroxyl groups is 1. The van der Waals surface area contributed by atoms with E-state index < -0.39 is 23.7 Å². The van der Waals surface area contributed by atoms with Crippen molar-refractivity contribution in [1.82, 2.24) is 10.6 Å². The molecule has 2 rings (SSSR count). The van der Waals surface area contributed by atoms with Crippen LogP contribution < -0.4 is 10.6 Å². The Balaban J connectivity index is 1.82. The first-order valence-electron chi connectivity index (χ1n) is 7.81. The molecule has 8 heteroatoms. The van der Waals surface area contributed by atoms with Crippen molar-refractivity contribution < 1.29 is 22.7 Å². The maximum atomic E-state index is 13.3. The van der Waals surface area contributed by atoms with E-state index in [0.29, 0.717) is 24.4 Å². The Hall–Kier alpha value is -1.99. The quantitative estimate of drug-likeness (QED) is 0.447. The van der Waals surface area contributed by atoms with E-state index in [9.17, 15) is 17.6 Å². The number of aliphatic imine (C=N–C) groups is 1. The Morgan fingerprint density at radius 2 is 1.92 bits per heavy atom. The molecular weight excluding hydrogens is 326 g/mol. The van der Waals surface area contributed by atoms with Gasteiger partial charge in [-0.3, -0.25) is 4.99 Å². The van der Waals surface area contributed by atoms with Crippen LogP contribution >= 0.6 is 0 Å². The van der Waals surface area contributed by atoms with Crippen LogP contribution in [0.5, 0.6) is 5.75 Å². The molecule has 1 aliphatic carbocycles. The van der Waals surface area contributed by atoms with Gasteiger partial charge in [0.2, 0.25) is 0 Å². The lowest BCUT2D eigenvalue weighted by Gasteiger charge is -2.31. The van der Waals surface area contributed by atoms with Gasteiger partial charge in [0.05, 0.1) is 5.92 Å². The summed E-state index contributed by atoms with van der Waals surface area (Å²) in [5, 5.41) is 15.2. The number of alkyl halides is 3. The summed E-state index contributed by atoms with van der Waals surface area (Å²) < 4.78 is 51.3. The minimum atomic E-state index is -4.12. The van der Waals surface area contributed by atoms with Gasteiger partial charge in [0, 0.05) is 19.6 Å². The lowest BCUT2D eigenvalue weighted by Crippen LogP contribution is -2.45. The molecule has 0 saturated heterocycles. The SMILES string of the molecule is CN=C(NCc1ccc(O)c(F)c1)NC1CCC(C(F)(F)F)CC1. The maximum Gasteiger partial charge on any atom is 0.391 e. The summed E-state index contributed by atoms with van der Waals surface area (Å²) in [5.74, 6) is -1.88. The molecule has 0 bridgehead atoms. The zero-order chi connectivity index (χ0) is 17.7. The molecule has 1 fully saturated rings. The highest BCUT2D eigenvalue weighted by Crippen LogP contribution is 2.37. The topological polar surface area (TPSA) is 56.7 Å². The van der Waals surface area contributed by atoms with Gasteiger partial charge in [0.25, 0.3) is 0 Å². The van der Waals surface area contributed by atoms with Crippen molar-refractivity contribution in [2.45, 2.75) is 44.4 Å². The van der Waals surface area contributed by atoms with E-state index >= 15 is 0 Å². The molecule has 1 saturated carbocycles. The number of nitrogens with one attached hydrogen (secondary N) is 2. The second-order valence-corrected chi connectivity index (χ2v) is 5.95. The van der Waals surface area contributed by atoms with Crippen LogP contribution in [0.4, 0.5) is 17.6 Å². The fourth-order valence-corrected chi connectivity index (χ4v) is 2.80. The molecule has 0 atom stereocenters. The predicted molar refractivity (Wildman–Crippen MR) is 83.2 cm³/mol. The average Bonchev–Trinajstić information content (AvgIpc) is 2.54. The molecule has 1 aromatic carbocycles. The van der Waals surface area contributed by atoms with E-state index in [1.165, 1.54) is 12.1 Å². The fourth-order valence-electron chi connectivity index (χ4n) is 2.80. The van der Waals surface area contributed by atoms with Crippen molar-refractivity contribution in [3.63, 3.8) is 0 Å². The molecule has 0 spiro atoms. The molecule has 1 aliphatic rings. The van der Waals surface area contributed by atoms with Gasteiger partial charge in [0.1, 0.15) is 0 Å². The zero-order valence-corrected chi connectivity index (χ0v) is 13.3. The first-order chi connectivity index (χ1) is 11.3. The molecule has 0 amide bonds. The van der Waals surface area contributed by atoms with E-state index in [2.05, 4.69) is 15.6 Å². The molecule has 0 radical (unpaired) electrons. The summed E-state index contributed by atoms with van der Waals surface area (Å²) >= 11 is 0. The molecule has 0 aromatic heterocycles. The molecule has 0 aliphatic heterocycles. The molecule has 134 valence electrons. The number of halogens is 4. The van der Waals surface area contributed by atoms with Crippen LogP contribution in [-0.4, -0.2) is 30.3 Å². The van der Waals surface area contributed by atoms with Crippen molar-refractivity contribution >= 4 is 5.96 Å². The Morgan fingerprint density at radius 1 is 1.25 bits per heavy atom.